The Labute approximate surface area is 105 Å². The Bertz CT molecular complexity index is 529. The van der Waals surface area contributed by atoms with Crippen LogP contribution < -0.4 is 4.74 Å². The van der Waals surface area contributed by atoms with E-state index < -0.39 is 0 Å². The van der Waals surface area contributed by atoms with Crippen LogP contribution in [0.1, 0.15) is 20.8 Å². The van der Waals surface area contributed by atoms with Gasteiger partial charge in [0.25, 0.3) is 0 Å². The summed E-state index contributed by atoms with van der Waals surface area (Å²) in [6.07, 6.45) is 0.425. The molecule has 0 amide bonds. The van der Waals surface area contributed by atoms with Gasteiger partial charge in [0.1, 0.15) is 5.75 Å². The first kappa shape index (κ1) is 11.9. The van der Waals surface area contributed by atoms with E-state index in [1.165, 1.54) is 0 Å². The summed E-state index contributed by atoms with van der Waals surface area (Å²) in [6, 6.07) is 9.52. The van der Waals surface area contributed by atoms with Crippen LogP contribution in [0.2, 0.25) is 0 Å². The fraction of sp³-hybridized carbons (Fsp3) is 0.214. The molecule has 0 fully saturated rings. The molecular weight excluding hydrogens is 232 g/mol. The maximum absolute atomic E-state index is 12.1. The molecular formula is C14H14O2S. The average molecular weight is 246 g/mol. The second-order valence-corrected chi connectivity index (χ2v) is 4.96. The largest absolute Gasteiger partial charge is 0.497 e. The van der Waals surface area contributed by atoms with Crippen LogP contribution in [0.5, 0.6) is 5.75 Å². The van der Waals surface area contributed by atoms with Gasteiger partial charge in [-0.2, -0.15) is 0 Å². The van der Waals surface area contributed by atoms with E-state index in [0.29, 0.717) is 6.42 Å². The van der Waals surface area contributed by atoms with Gasteiger partial charge in [0, 0.05) is 16.9 Å². The van der Waals surface area contributed by atoms with Crippen LogP contribution in [-0.4, -0.2) is 12.9 Å². The average Bonchev–Trinajstić information content (AvgIpc) is 2.76. The van der Waals surface area contributed by atoms with Gasteiger partial charge < -0.3 is 4.74 Å². The summed E-state index contributed by atoms with van der Waals surface area (Å²) in [5.74, 6) is 0.953. The molecule has 3 heteroatoms. The van der Waals surface area contributed by atoms with Crippen molar-refractivity contribution in [1.29, 1.82) is 0 Å². The Morgan fingerprint density at radius 1 is 1.35 bits per heavy atom. The van der Waals surface area contributed by atoms with Crippen LogP contribution in [0, 0.1) is 6.92 Å². The minimum absolute atomic E-state index is 0.164. The summed E-state index contributed by atoms with van der Waals surface area (Å²) in [5.41, 5.74) is 1.82. The number of thiophene rings is 1. The number of Topliss-reactive ketones (excluding diaryl/α,β-unsaturated/α-hetero) is 1. The number of ketones is 1. The lowest BCUT2D eigenvalue weighted by Crippen LogP contribution is -2.03. The van der Waals surface area contributed by atoms with Gasteiger partial charge in [0.05, 0.1) is 7.11 Å². The van der Waals surface area contributed by atoms with E-state index >= 15 is 0 Å². The van der Waals surface area contributed by atoms with Crippen molar-refractivity contribution in [2.45, 2.75) is 13.3 Å². The van der Waals surface area contributed by atoms with Gasteiger partial charge in [-0.1, -0.05) is 12.1 Å². The number of carbonyl (C=O) groups is 1. The van der Waals surface area contributed by atoms with Gasteiger partial charge in [0.15, 0.2) is 5.78 Å². The standard InChI is InChI=1S/C14H14O2S/c1-10-13(6-7-17-10)14(15)9-11-4-3-5-12(8-11)16-2/h3-8H,9H2,1-2H3. The minimum atomic E-state index is 0.164. The molecule has 88 valence electrons. The molecule has 1 aromatic heterocycles. The summed E-state index contributed by atoms with van der Waals surface area (Å²) in [6.45, 7) is 1.98. The molecule has 0 atom stereocenters. The highest BCUT2D eigenvalue weighted by molar-refractivity contribution is 7.10. The van der Waals surface area contributed by atoms with Crippen molar-refractivity contribution in [2.75, 3.05) is 7.11 Å². The van der Waals surface area contributed by atoms with Crippen LogP contribution in [0.15, 0.2) is 35.7 Å². The van der Waals surface area contributed by atoms with Crippen molar-refractivity contribution in [3.8, 4) is 5.75 Å². The van der Waals surface area contributed by atoms with E-state index in [1.54, 1.807) is 18.4 Å². The molecule has 0 saturated heterocycles. The topological polar surface area (TPSA) is 26.3 Å². The predicted octanol–water partition coefficient (Wildman–Crippen LogP) is 3.49. The molecule has 2 rings (SSSR count). The predicted molar refractivity (Wildman–Crippen MR) is 70.1 cm³/mol. The van der Waals surface area contributed by atoms with Crippen molar-refractivity contribution in [3.63, 3.8) is 0 Å². The van der Waals surface area contributed by atoms with Gasteiger partial charge in [-0.25, -0.2) is 0 Å². The molecule has 0 unspecified atom stereocenters. The molecule has 0 saturated carbocycles. The Morgan fingerprint density at radius 2 is 2.18 bits per heavy atom. The molecule has 2 aromatic rings. The number of aryl methyl sites for hydroxylation is 1. The monoisotopic (exact) mass is 246 g/mol. The van der Waals surface area contributed by atoms with Crippen LogP contribution in [0.4, 0.5) is 0 Å². The molecule has 0 N–H and O–H groups in total. The first-order chi connectivity index (χ1) is 8.20. The third-order valence-electron chi connectivity index (χ3n) is 2.66. The summed E-state index contributed by atoms with van der Waals surface area (Å²) in [4.78, 5) is 13.1. The van der Waals surface area contributed by atoms with E-state index in [0.717, 1.165) is 21.8 Å². The maximum atomic E-state index is 12.1. The normalized spacial score (nSPS) is 10.2. The van der Waals surface area contributed by atoms with Crippen LogP contribution in [0.3, 0.4) is 0 Å². The molecule has 0 aliphatic heterocycles. The summed E-state index contributed by atoms with van der Waals surface area (Å²) in [7, 11) is 1.63. The van der Waals surface area contributed by atoms with Gasteiger partial charge in [-0.05, 0) is 36.1 Å². The number of rotatable bonds is 4. The SMILES string of the molecule is COc1cccc(CC(=O)c2ccsc2C)c1. The molecule has 0 aliphatic carbocycles. The third kappa shape index (κ3) is 2.74. The number of benzene rings is 1. The first-order valence-electron chi connectivity index (χ1n) is 5.41. The van der Waals surface area contributed by atoms with Crippen molar-refractivity contribution in [3.05, 3.63) is 51.7 Å². The highest BCUT2D eigenvalue weighted by Gasteiger charge is 2.11. The quantitative estimate of drug-likeness (QED) is 0.772. The van der Waals surface area contributed by atoms with Gasteiger partial charge in [-0.3, -0.25) is 4.79 Å². The number of ether oxygens (including phenoxy) is 1. The summed E-state index contributed by atoms with van der Waals surface area (Å²) < 4.78 is 5.14. The lowest BCUT2D eigenvalue weighted by Gasteiger charge is -2.04. The lowest BCUT2D eigenvalue weighted by atomic mass is 10.0. The Hall–Kier alpha value is -1.61. The van der Waals surface area contributed by atoms with Crippen molar-refractivity contribution in [2.24, 2.45) is 0 Å². The number of methoxy groups -OCH3 is 1. The number of carbonyl (C=O) groups excluding carboxylic acids is 1. The van der Waals surface area contributed by atoms with Crippen LogP contribution >= 0.6 is 11.3 Å². The van der Waals surface area contributed by atoms with Crippen molar-refractivity contribution in [1.82, 2.24) is 0 Å². The zero-order valence-corrected chi connectivity index (χ0v) is 10.7. The Kier molecular flexibility index (Phi) is 3.59. The fourth-order valence-electron chi connectivity index (χ4n) is 1.74. The lowest BCUT2D eigenvalue weighted by molar-refractivity contribution is 0.0993. The first-order valence-corrected chi connectivity index (χ1v) is 6.29. The van der Waals surface area contributed by atoms with Gasteiger partial charge >= 0.3 is 0 Å². The minimum Gasteiger partial charge on any atom is -0.497 e. The Balaban J connectivity index is 2.16. The zero-order valence-electron chi connectivity index (χ0n) is 9.90. The molecule has 0 aliphatic rings. The number of hydrogen-bond donors (Lipinski definition) is 0. The van der Waals surface area contributed by atoms with Crippen LogP contribution in [0.25, 0.3) is 0 Å². The van der Waals surface area contributed by atoms with Gasteiger partial charge in [-0.15, -0.1) is 11.3 Å². The highest BCUT2D eigenvalue weighted by Crippen LogP contribution is 2.19. The van der Waals surface area contributed by atoms with E-state index in [2.05, 4.69) is 0 Å². The van der Waals surface area contributed by atoms with Gasteiger partial charge in [0.2, 0.25) is 0 Å². The number of hydrogen-bond acceptors (Lipinski definition) is 3. The van der Waals surface area contributed by atoms with Crippen LogP contribution in [-0.2, 0) is 6.42 Å². The summed E-state index contributed by atoms with van der Waals surface area (Å²) in [5, 5.41) is 1.95. The molecule has 17 heavy (non-hydrogen) atoms. The fourth-order valence-corrected chi connectivity index (χ4v) is 2.45. The molecule has 1 aromatic carbocycles. The molecule has 0 spiro atoms. The van der Waals surface area contributed by atoms with Crippen molar-refractivity contribution < 1.29 is 9.53 Å². The Morgan fingerprint density at radius 3 is 2.82 bits per heavy atom. The molecule has 0 radical (unpaired) electrons. The van der Waals surface area contributed by atoms with E-state index in [-0.39, 0.29) is 5.78 Å². The van der Waals surface area contributed by atoms with E-state index in [9.17, 15) is 4.79 Å². The molecule has 0 bridgehead atoms. The van der Waals surface area contributed by atoms with E-state index in [4.69, 9.17) is 4.74 Å². The van der Waals surface area contributed by atoms with Crippen molar-refractivity contribution >= 4 is 17.1 Å². The smallest absolute Gasteiger partial charge is 0.168 e. The molecule has 2 nitrogen and oxygen atoms in total. The molecule has 1 heterocycles. The van der Waals surface area contributed by atoms with E-state index in [1.807, 2.05) is 42.6 Å². The maximum Gasteiger partial charge on any atom is 0.168 e. The second-order valence-electron chi connectivity index (χ2n) is 3.84. The highest BCUT2D eigenvalue weighted by atomic mass is 32.1. The summed E-state index contributed by atoms with van der Waals surface area (Å²) >= 11 is 1.61. The zero-order chi connectivity index (χ0) is 12.3. The second kappa shape index (κ2) is 5.15. The third-order valence-corrected chi connectivity index (χ3v) is 3.50.